The van der Waals surface area contributed by atoms with Crippen molar-refractivity contribution in [1.29, 1.82) is 5.26 Å². The minimum Gasteiger partial charge on any atom is -0.497 e. The van der Waals surface area contributed by atoms with Gasteiger partial charge < -0.3 is 14.6 Å². The number of carbonyl (C=O) groups is 1. The van der Waals surface area contributed by atoms with Crippen molar-refractivity contribution in [2.45, 2.75) is 6.42 Å². The van der Waals surface area contributed by atoms with Crippen LogP contribution in [-0.2, 0) is 16.6 Å². The van der Waals surface area contributed by atoms with Crippen LogP contribution in [0.5, 0.6) is 0 Å². The number of anilines is 1. The van der Waals surface area contributed by atoms with Gasteiger partial charge in [0.25, 0.3) is 0 Å². The quantitative estimate of drug-likeness (QED) is 0.871. The molecule has 2 aromatic rings. The first-order valence-corrected chi connectivity index (χ1v) is 7.55. The highest BCUT2D eigenvalue weighted by molar-refractivity contribution is 5.77. The number of amides is 1. The van der Waals surface area contributed by atoms with Crippen LogP contribution in [0, 0.1) is 11.3 Å². The van der Waals surface area contributed by atoms with E-state index in [1.807, 2.05) is 54.1 Å². The lowest BCUT2D eigenvalue weighted by Gasteiger charge is -2.07. The molecular formula is C19H17N3O2. The predicted octanol–water partition coefficient (Wildman–Crippen LogP) is 1.63. The molecule has 1 N–H and O–H groups in total. The van der Waals surface area contributed by atoms with Crippen molar-refractivity contribution in [3.63, 3.8) is 0 Å². The molecule has 0 fully saturated rings. The number of hydrogen-bond acceptors (Lipinski definition) is 3. The van der Waals surface area contributed by atoms with Gasteiger partial charge in [0.2, 0.25) is 6.41 Å². The molecule has 1 heterocycles. The van der Waals surface area contributed by atoms with Crippen molar-refractivity contribution in [3.05, 3.63) is 52.2 Å². The highest BCUT2D eigenvalue weighted by Crippen LogP contribution is 2.23. The fourth-order valence-electron chi connectivity index (χ4n) is 3.01. The van der Waals surface area contributed by atoms with Crippen LogP contribution in [0.3, 0.4) is 0 Å². The Labute approximate surface area is 139 Å². The number of hydrogen-bond donors (Lipinski definition) is 1. The summed E-state index contributed by atoms with van der Waals surface area (Å²) in [6.07, 6.45) is 7.30. The molecule has 5 heteroatoms. The molecule has 1 aromatic heterocycles. The van der Waals surface area contributed by atoms with Crippen molar-refractivity contribution in [2.75, 3.05) is 12.4 Å². The van der Waals surface area contributed by atoms with Gasteiger partial charge in [-0.1, -0.05) is 18.2 Å². The van der Waals surface area contributed by atoms with Crippen LogP contribution in [0.15, 0.2) is 36.1 Å². The van der Waals surface area contributed by atoms with Crippen molar-refractivity contribution in [3.8, 4) is 17.3 Å². The Morgan fingerprint density at radius 1 is 1.38 bits per heavy atom. The molecule has 1 aromatic carbocycles. The molecule has 0 aliphatic heterocycles. The van der Waals surface area contributed by atoms with Crippen LogP contribution in [-0.4, -0.2) is 18.1 Å². The third-order valence-electron chi connectivity index (χ3n) is 4.11. The SMILES string of the molecule is COC1=CCC=c2c(C#N)c(-c3cccc(NC=O)c3)n(C)c2=C1. The third-order valence-corrected chi connectivity index (χ3v) is 4.11. The first kappa shape index (κ1) is 15.6. The molecule has 0 bridgehead atoms. The number of rotatable bonds is 4. The molecule has 0 unspecified atom stereocenters. The zero-order valence-corrected chi connectivity index (χ0v) is 13.5. The average Bonchev–Trinajstić information content (AvgIpc) is 2.75. The molecule has 0 atom stereocenters. The maximum absolute atomic E-state index is 10.7. The van der Waals surface area contributed by atoms with Gasteiger partial charge in [0.1, 0.15) is 11.8 Å². The molecule has 120 valence electrons. The van der Waals surface area contributed by atoms with Crippen molar-refractivity contribution >= 4 is 24.2 Å². The summed E-state index contributed by atoms with van der Waals surface area (Å²) in [4.78, 5) is 10.7. The molecule has 0 spiro atoms. The molecular weight excluding hydrogens is 302 g/mol. The normalized spacial score (nSPS) is 12.6. The van der Waals surface area contributed by atoms with Crippen molar-refractivity contribution in [2.24, 2.45) is 7.05 Å². The van der Waals surface area contributed by atoms with E-state index in [1.54, 1.807) is 7.11 Å². The van der Waals surface area contributed by atoms with E-state index in [1.165, 1.54) is 0 Å². The minimum atomic E-state index is 0.623. The lowest BCUT2D eigenvalue weighted by atomic mass is 10.1. The van der Waals surface area contributed by atoms with Crippen LogP contribution in [0.25, 0.3) is 23.4 Å². The van der Waals surface area contributed by atoms with Gasteiger partial charge in [0, 0.05) is 29.6 Å². The summed E-state index contributed by atoms with van der Waals surface area (Å²) in [6.45, 7) is 0. The third kappa shape index (κ3) is 2.59. The standard InChI is InChI=1S/C19H17N3O2/c1-22-18-10-15(24-2)7-4-8-16(18)17(11-20)19(22)13-5-3-6-14(9-13)21-12-23/h3,5-10,12H,4H2,1-2H3,(H,21,23). The molecule has 1 aliphatic rings. The van der Waals surface area contributed by atoms with Gasteiger partial charge in [-0.3, -0.25) is 4.79 Å². The number of allylic oxidation sites excluding steroid dienone is 2. The average molecular weight is 319 g/mol. The maximum atomic E-state index is 10.7. The van der Waals surface area contributed by atoms with Gasteiger partial charge in [-0.15, -0.1) is 0 Å². The van der Waals surface area contributed by atoms with Gasteiger partial charge in [-0.2, -0.15) is 5.26 Å². The second-order valence-electron chi connectivity index (χ2n) is 5.43. The van der Waals surface area contributed by atoms with E-state index >= 15 is 0 Å². The van der Waals surface area contributed by atoms with E-state index in [9.17, 15) is 10.1 Å². The Morgan fingerprint density at radius 3 is 2.92 bits per heavy atom. The van der Waals surface area contributed by atoms with Gasteiger partial charge in [0.05, 0.1) is 23.7 Å². The smallest absolute Gasteiger partial charge is 0.211 e. The lowest BCUT2D eigenvalue weighted by Crippen LogP contribution is -2.28. The largest absolute Gasteiger partial charge is 0.497 e. The van der Waals surface area contributed by atoms with Gasteiger partial charge in [-0.25, -0.2) is 0 Å². The summed E-state index contributed by atoms with van der Waals surface area (Å²) in [5.41, 5.74) is 3.01. The molecule has 1 aliphatic carbocycles. The highest BCUT2D eigenvalue weighted by atomic mass is 16.5. The number of fused-ring (bicyclic) bond motifs is 1. The summed E-state index contributed by atoms with van der Waals surface area (Å²) in [7, 11) is 3.56. The number of nitrogens with zero attached hydrogens (tertiary/aromatic N) is 2. The minimum absolute atomic E-state index is 0.623. The first-order valence-electron chi connectivity index (χ1n) is 7.55. The van der Waals surface area contributed by atoms with Crippen LogP contribution in [0.2, 0.25) is 0 Å². The molecule has 5 nitrogen and oxygen atoms in total. The fraction of sp³-hybridized carbons (Fsp3) is 0.158. The van der Waals surface area contributed by atoms with E-state index in [4.69, 9.17) is 4.74 Å². The maximum Gasteiger partial charge on any atom is 0.211 e. The molecule has 24 heavy (non-hydrogen) atoms. The van der Waals surface area contributed by atoms with Crippen LogP contribution < -0.4 is 15.9 Å². The number of ether oxygens (including phenoxy) is 1. The van der Waals surface area contributed by atoms with Gasteiger partial charge >= 0.3 is 0 Å². The summed E-state index contributed by atoms with van der Waals surface area (Å²) in [6, 6.07) is 9.78. The Bertz CT molecular complexity index is 991. The molecule has 0 saturated carbocycles. The number of aromatic nitrogens is 1. The fourth-order valence-corrected chi connectivity index (χ4v) is 3.01. The molecule has 0 radical (unpaired) electrons. The van der Waals surface area contributed by atoms with Crippen molar-refractivity contribution in [1.82, 2.24) is 4.57 Å². The number of carbonyl (C=O) groups excluding carboxylic acids is 1. The predicted molar refractivity (Wildman–Crippen MR) is 93.1 cm³/mol. The molecule has 1 amide bonds. The van der Waals surface area contributed by atoms with Crippen LogP contribution in [0.4, 0.5) is 5.69 Å². The summed E-state index contributed by atoms with van der Waals surface area (Å²) >= 11 is 0. The Hall–Kier alpha value is -3.26. The van der Waals surface area contributed by atoms with E-state index in [0.717, 1.165) is 27.6 Å². The number of benzene rings is 1. The summed E-state index contributed by atoms with van der Waals surface area (Å²) in [5.74, 6) is 0.776. The van der Waals surface area contributed by atoms with E-state index < -0.39 is 0 Å². The van der Waals surface area contributed by atoms with Crippen molar-refractivity contribution < 1.29 is 9.53 Å². The lowest BCUT2D eigenvalue weighted by molar-refractivity contribution is -0.105. The number of nitriles is 1. The second-order valence-corrected chi connectivity index (χ2v) is 5.43. The molecule has 0 saturated heterocycles. The topological polar surface area (TPSA) is 67.0 Å². The van der Waals surface area contributed by atoms with Crippen LogP contribution >= 0.6 is 0 Å². The van der Waals surface area contributed by atoms with E-state index in [2.05, 4.69) is 11.4 Å². The summed E-state index contributed by atoms with van der Waals surface area (Å²) < 4.78 is 7.35. The summed E-state index contributed by atoms with van der Waals surface area (Å²) in [5, 5.41) is 14.2. The highest BCUT2D eigenvalue weighted by Gasteiger charge is 2.16. The molecule has 3 rings (SSSR count). The number of nitrogens with one attached hydrogen (secondary N) is 1. The Morgan fingerprint density at radius 2 is 2.21 bits per heavy atom. The van der Waals surface area contributed by atoms with Gasteiger partial charge in [-0.05, 0) is 24.6 Å². The van der Waals surface area contributed by atoms with Gasteiger partial charge in [0.15, 0.2) is 0 Å². The zero-order chi connectivity index (χ0) is 17.1. The Kier molecular flexibility index (Phi) is 4.21. The van der Waals surface area contributed by atoms with E-state index in [0.29, 0.717) is 24.1 Å². The van der Waals surface area contributed by atoms with Crippen LogP contribution in [0.1, 0.15) is 12.0 Å². The number of methoxy groups -OCH3 is 1. The first-order chi connectivity index (χ1) is 11.7. The zero-order valence-electron chi connectivity index (χ0n) is 13.5. The second kappa shape index (κ2) is 6.47. The Balaban J connectivity index is 2.30. The van der Waals surface area contributed by atoms with E-state index in [-0.39, 0.29) is 0 Å². The monoisotopic (exact) mass is 319 g/mol.